The minimum Gasteiger partial charge on any atom is -0.309 e. The fraction of sp³-hybridized carbons (Fsp3) is 0.800. The van der Waals surface area contributed by atoms with Crippen LogP contribution in [0.25, 0.3) is 0 Å². The summed E-state index contributed by atoms with van der Waals surface area (Å²) in [6.45, 7) is 12.5. The zero-order valence-electron chi connectivity index (χ0n) is 13.0. The molecule has 0 amide bonds. The third-order valence-corrected chi connectivity index (χ3v) is 3.98. The van der Waals surface area contributed by atoms with Crippen molar-refractivity contribution in [3.8, 4) is 0 Å². The van der Waals surface area contributed by atoms with Crippen LogP contribution in [-0.4, -0.2) is 15.8 Å². The minimum atomic E-state index is 0.523. The van der Waals surface area contributed by atoms with Gasteiger partial charge in [0.25, 0.3) is 0 Å². The first-order chi connectivity index (χ1) is 8.95. The second-order valence-corrected chi connectivity index (χ2v) is 6.15. The Morgan fingerprint density at radius 3 is 2.53 bits per heavy atom. The van der Waals surface area contributed by atoms with E-state index in [0.29, 0.717) is 6.04 Å². The SMILES string of the molecule is CCn1nc(C)c(Cl)c1CNC(C)CCCC(C)C. The Balaban J connectivity index is 2.43. The summed E-state index contributed by atoms with van der Waals surface area (Å²) < 4.78 is 1.99. The molecule has 19 heavy (non-hydrogen) atoms. The standard InChI is InChI=1S/C15H28ClN3/c1-6-19-14(15(16)13(5)18-19)10-17-12(4)9-7-8-11(2)3/h11-12,17H,6-10H2,1-5H3. The van der Waals surface area contributed by atoms with Crippen LogP contribution >= 0.6 is 11.6 Å². The van der Waals surface area contributed by atoms with Gasteiger partial charge < -0.3 is 5.32 Å². The number of nitrogens with zero attached hydrogens (tertiary/aromatic N) is 2. The van der Waals surface area contributed by atoms with Gasteiger partial charge in [0.2, 0.25) is 0 Å². The van der Waals surface area contributed by atoms with Crippen LogP contribution in [0.4, 0.5) is 0 Å². The van der Waals surface area contributed by atoms with Gasteiger partial charge in [0, 0.05) is 19.1 Å². The summed E-state index contributed by atoms with van der Waals surface area (Å²) in [4.78, 5) is 0. The molecule has 110 valence electrons. The Hall–Kier alpha value is -0.540. The molecule has 3 nitrogen and oxygen atoms in total. The van der Waals surface area contributed by atoms with Gasteiger partial charge in [-0.25, -0.2) is 0 Å². The molecule has 0 bridgehead atoms. The number of hydrogen-bond acceptors (Lipinski definition) is 2. The highest BCUT2D eigenvalue weighted by molar-refractivity contribution is 6.31. The largest absolute Gasteiger partial charge is 0.309 e. The molecule has 1 N–H and O–H groups in total. The van der Waals surface area contributed by atoms with E-state index in [-0.39, 0.29) is 0 Å². The zero-order valence-corrected chi connectivity index (χ0v) is 13.7. The summed E-state index contributed by atoms with van der Waals surface area (Å²) >= 11 is 6.30. The maximum Gasteiger partial charge on any atom is 0.0860 e. The van der Waals surface area contributed by atoms with Gasteiger partial charge in [0.15, 0.2) is 0 Å². The van der Waals surface area contributed by atoms with Crippen molar-refractivity contribution < 1.29 is 0 Å². The Kier molecular flexibility index (Phi) is 6.87. The van der Waals surface area contributed by atoms with Gasteiger partial charge in [-0.1, -0.05) is 38.3 Å². The van der Waals surface area contributed by atoms with Crippen molar-refractivity contribution >= 4 is 11.6 Å². The summed E-state index contributed by atoms with van der Waals surface area (Å²) in [5.74, 6) is 0.797. The van der Waals surface area contributed by atoms with Crippen LogP contribution in [0, 0.1) is 12.8 Å². The molecule has 0 saturated heterocycles. The van der Waals surface area contributed by atoms with Crippen LogP contribution in [0.5, 0.6) is 0 Å². The second kappa shape index (κ2) is 7.91. The van der Waals surface area contributed by atoms with E-state index in [1.807, 2.05) is 11.6 Å². The lowest BCUT2D eigenvalue weighted by Crippen LogP contribution is -2.26. The number of rotatable bonds is 8. The lowest BCUT2D eigenvalue weighted by Gasteiger charge is -2.15. The molecule has 4 heteroatoms. The molecule has 0 radical (unpaired) electrons. The Bertz CT molecular complexity index is 385. The van der Waals surface area contributed by atoms with Crippen LogP contribution in [0.15, 0.2) is 0 Å². The predicted octanol–water partition coefficient (Wildman–Crippen LogP) is 4.17. The normalized spacial score (nSPS) is 13.2. The first-order valence-electron chi connectivity index (χ1n) is 7.40. The smallest absolute Gasteiger partial charge is 0.0860 e. The lowest BCUT2D eigenvalue weighted by atomic mass is 10.0. The van der Waals surface area contributed by atoms with Crippen molar-refractivity contribution in [2.45, 2.75) is 73.0 Å². The van der Waals surface area contributed by atoms with Crippen molar-refractivity contribution in [2.75, 3.05) is 0 Å². The molecule has 0 aliphatic rings. The maximum absolute atomic E-state index is 6.30. The van der Waals surface area contributed by atoms with Crippen LogP contribution in [0.3, 0.4) is 0 Å². The van der Waals surface area contributed by atoms with E-state index in [9.17, 15) is 0 Å². The highest BCUT2D eigenvalue weighted by atomic mass is 35.5. The molecule has 1 atom stereocenters. The van der Waals surface area contributed by atoms with Crippen LogP contribution in [0.1, 0.15) is 58.3 Å². The van der Waals surface area contributed by atoms with Gasteiger partial charge in [-0.05, 0) is 33.1 Å². The first kappa shape index (κ1) is 16.5. The summed E-state index contributed by atoms with van der Waals surface area (Å²) in [5.41, 5.74) is 2.03. The fourth-order valence-corrected chi connectivity index (χ4v) is 2.45. The van der Waals surface area contributed by atoms with Gasteiger partial charge in [-0.2, -0.15) is 5.10 Å². The third-order valence-electron chi connectivity index (χ3n) is 3.49. The number of aryl methyl sites for hydroxylation is 2. The fourth-order valence-electron chi connectivity index (χ4n) is 2.24. The number of halogens is 1. The Morgan fingerprint density at radius 1 is 1.26 bits per heavy atom. The molecular weight excluding hydrogens is 258 g/mol. The van der Waals surface area contributed by atoms with E-state index < -0.39 is 0 Å². The third kappa shape index (κ3) is 5.15. The molecule has 0 spiro atoms. The monoisotopic (exact) mass is 285 g/mol. The van der Waals surface area contributed by atoms with E-state index in [4.69, 9.17) is 11.6 Å². The summed E-state index contributed by atoms with van der Waals surface area (Å²) in [6, 6.07) is 0.523. The van der Waals surface area contributed by atoms with Gasteiger partial charge in [-0.3, -0.25) is 4.68 Å². The molecule has 0 saturated carbocycles. The molecule has 0 aromatic carbocycles. The van der Waals surface area contributed by atoms with Crippen molar-refractivity contribution in [2.24, 2.45) is 5.92 Å². The summed E-state index contributed by atoms with van der Waals surface area (Å²) in [7, 11) is 0. The van der Waals surface area contributed by atoms with E-state index in [1.165, 1.54) is 19.3 Å². The van der Waals surface area contributed by atoms with E-state index in [0.717, 1.165) is 35.4 Å². The maximum atomic E-state index is 6.30. The second-order valence-electron chi connectivity index (χ2n) is 5.77. The topological polar surface area (TPSA) is 29.9 Å². The molecule has 0 fully saturated rings. The van der Waals surface area contributed by atoms with Gasteiger partial charge >= 0.3 is 0 Å². The summed E-state index contributed by atoms with van der Waals surface area (Å²) in [6.07, 6.45) is 3.81. The van der Waals surface area contributed by atoms with Crippen molar-refractivity contribution in [3.63, 3.8) is 0 Å². The molecule has 1 aromatic rings. The lowest BCUT2D eigenvalue weighted by molar-refractivity contribution is 0.448. The van der Waals surface area contributed by atoms with Crippen LogP contribution < -0.4 is 5.32 Å². The highest BCUT2D eigenvalue weighted by Gasteiger charge is 2.13. The molecule has 1 aromatic heterocycles. The minimum absolute atomic E-state index is 0.523. The summed E-state index contributed by atoms with van der Waals surface area (Å²) in [5, 5.41) is 8.80. The molecule has 0 aliphatic carbocycles. The van der Waals surface area contributed by atoms with Gasteiger partial charge in [0.1, 0.15) is 0 Å². The quantitative estimate of drug-likeness (QED) is 0.777. The average Bonchev–Trinajstić information content (AvgIpc) is 2.62. The van der Waals surface area contributed by atoms with Gasteiger partial charge in [-0.15, -0.1) is 0 Å². The molecule has 1 unspecified atom stereocenters. The van der Waals surface area contributed by atoms with E-state index in [2.05, 4.69) is 38.1 Å². The molecular formula is C15H28ClN3. The number of nitrogens with one attached hydrogen (secondary N) is 1. The van der Waals surface area contributed by atoms with E-state index in [1.54, 1.807) is 0 Å². The van der Waals surface area contributed by atoms with Crippen molar-refractivity contribution in [1.29, 1.82) is 0 Å². The molecule has 0 aliphatic heterocycles. The van der Waals surface area contributed by atoms with Crippen LogP contribution in [0.2, 0.25) is 5.02 Å². The predicted molar refractivity (Wildman–Crippen MR) is 82.6 cm³/mol. The Morgan fingerprint density at radius 2 is 1.95 bits per heavy atom. The Labute approximate surface area is 122 Å². The average molecular weight is 286 g/mol. The molecule has 1 heterocycles. The number of hydrogen-bond donors (Lipinski definition) is 1. The molecule has 1 rings (SSSR count). The van der Waals surface area contributed by atoms with Crippen molar-refractivity contribution in [3.05, 3.63) is 16.4 Å². The first-order valence-corrected chi connectivity index (χ1v) is 7.78. The van der Waals surface area contributed by atoms with Crippen molar-refractivity contribution in [1.82, 2.24) is 15.1 Å². The zero-order chi connectivity index (χ0) is 14.4. The highest BCUT2D eigenvalue weighted by Crippen LogP contribution is 2.20. The van der Waals surface area contributed by atoms with E-state index >= 15 is 0 Å². The van der Waals surface area contributed by atoms with Crippen LogP contribution in [-0.2, 0) is 13.1 Å². The number of aromatic nitrogens is 2. The van der Waals surface area contributed by atoms with Gasteiger partial charge in [0.05, 0.1) is 16.4 Å².